The molecular formula is C21H33N3O4S. The Bertz CT molecular complexity index is 649. The second kappa shape index (κ2) is 10.8. The van der Waals surface area contributed by atoms with E-state index in [2.05, 4.69) is 15.5 Å². The van der Waals surface area contributed by atoms with Crippen molar-refractivity contribution in [1.29, 1.82) is 0 Å². The Hall–Kier alpha value is -1.77. The number of thiocarbonyl (C=S) groups is 1. The van der Waals surface area contributed by atoms with Gasteiger partial charge in [0.05, 0.1) is 27.4 Å². The predicted octanol–water partition coefficient (Wildman–Crippen LogP) is 2.32. The van der Waals surface area contributed by atoms with E-state index in [0.717, 1.165) is 69.1 Å². The third kappa shape index (κ3) is 6.10. The minimum atomic E-state index is 0.301. The average molecular weight is 424 g/mol. The first-order chi connectivity index (χ1) is 14.1. The molecule has 1 aromatic rings. The van der Waals surface area contributed by atoms with Crippen molar-refractivity contribution in [3.63, 3.8) is 0 Å². The Morgan fingerprint density at radius 1 is 1.10 bits per heavy atom. The maximum absolute atomic E-state index is 5.63. The molecule has 0 unspecified atom stereocenters. The molecule has 1 aromatic carbocycles. The predicted molar refractivity (Wildman–Crippen MR) is 117 cm³/mol. The van der Waals surface area contributed by atoms with Gasteiger partial charge in [-0.2, -0.15) is 0 Å². The largest absolute Gasteiger partial charge is 0.493 e. The van der Waals surface area contributed by atoms with Gasteiger partial charge >= 0.3 is 0 Å². The Morgan fingerprint density at radius 2 is 1.79 bits per heavy atom. The molecule has 0 bridgehead atoms. The molecule has 2 heterocycles. The summed E-state index contributed by atoms with van der Waals surface area (Å²) < 4.78 is 22.0. The minimum Gasteiger partial charge on any atom is -0.493 e. The van der Waals surface area contributed by atoms with Crippen LogP contribution in [0, 0.1) is 0 Å². The lowest BCUT2D eigenvalue weighted by molar-refractivity contribution is 0.114. The third-order valence-corrected chi connectivity index (χ3v) is 5.83. The lowest BCUT2D eigenvalue weighted by Gasteiger charge is -2.33. The second-order valence-corrected chi connectivity index (χ2v) is 7.98. The lowest BCUT2D eigenvalue weighted by atomic mass is 10.0. The maximum atomic E-state index is 5.63. The van der Waals surface area contributed by atoms with Crippen LogP contribution >= 0.6 is 12.2 Å². The Kier molecular flexibility index (Phi) is 8.20. The fourth-order valence-electron chi connectivity index (χ4n) is 3.97. The van der Waals surface area contributed by atoms with Crippen LogP contribution in [0.4, 0.5) is 0 Å². The molecule has 7 nitrogen and oxygen atoms in total. The molecule has 1 atom stereocenters. The van der Waals surface area contributed by atoms with Gasteiger partial charge in [-0.05, 0) is 55.6 Å². The van der Waals surface area contributed by atoms with E-state index in [1.54, 1.807) is 21.3 Å². The van der Waals surface area contributed by atoms with Gasteiger partial charge in [-0.15, -0.1) is 0 Å². The molecule has 29 heavy (non-hydrogen) atoms. The lowest BCUT2D eigenvalue weighted by Crippen LogP contribution is -2.48. The molecule has 2 aliphatic rings. The van der Waals surface area contributed by atoms with Crippen molar-refractivity contribution < 1.29 is 18.9 Å². The summed E-state index contributed by atoms with van der Waals surface area (Å²) in [4.78, 5) is 2.45. The summed E-state index contributed by atoms with van der Waals surface area (Å²) >= 11 is 5.45. The minimum absolute atomic E-state index is 0.301. The summed E-state index contributed by atoms with van der Waals surface area (Å²) in [5.41, 5.74) is 1.15. The van der Waals surface area contributed by atoms with E-state index in [4.69, 9.17) is 31.2 Å². The van der Waals surface area contributed by atoms with Gasteiger partial charge in [0, 0.05) is 38.8 Å². The first-order valence-corrected chi connectivity index (χ1v) is 10.7. The van der Waals surface area contributed by atoms with Crippen LogP contribution in [0.25, 0.3) is 0 Å². The van der Waals surface area contributed by atoms with E-state index in [1.807, 2.05) is 12.1 Å². The van der Waals surface area contributed by atoms with Crippen LogP contribution in [0.15, 0.2) is 12.1 Å². The van der Waals surface area contributed by atoms with Gasteiger partial charge in [-0.25, -0.2) is 0 Å². The zero-order valence-electron chi connectivity index (χ0n) is 17.7. The van der Waals surface area contributed by atoms with Crippen LogP contribution < -0.4 is 24.8 Å². The zero-order chi connectivity index (χ0) is 20.6. The number of piperidine rings is 1. The highest BCUT2D eigenvalue weighted by molar-refractivity contribution is 7.80. The summed E-state index contributed by atoms with van der Waals surface area (Å²) in [6, 6.07) is 4.46. The Labute approximate surface area is 179 Å². The van der Waals surface area contributed by atoms with Crippen LogP contribution in [0.1, 0.15) is 31.2 Å². The molecule has 0 amide bonds. The second-order valence-electron chi connectivity index (χ2n) is 7.57. The highest BCUT2D eigenvalue weighted by Crippen LogP contribution is 2.38. The Balaban J connectivity index is 1.45. The van der Waals surface area contributed by atoms with Gasteiger partial charge in [-0.1, -0.05) is 0 Å². The summed E-state index contributed by atoms with van der Waals surface area (Å²) in [6.07, 6.45) is 4.69. The molecule has 2 fully saturated rings. The molecule has 3 rings (SSSR count). The van der Waals surface area contributed by atoms with Crippen molar-refractivity contribution >= 4 is 17.3 Å². The van der Waals surface area contributed by atoms with Crippen LogP contribution in [-0.4, -0.2) is 69.7 Å². The van der Waals surface area contributed by atoms with Gasteiger partial charge in [-0.3, -0.25) is 4.90 Å². The number of methoxy groups -OCH3 is 3. The van der Waals surface area contributed by atoms with Crippen molar-refractivity contribution in [2.75, 3.05) is 47.6 Å². The standard InChI is InChI=1S/C21H33N3O4S/c1-25-18-11-15(12-19(26-2)20(18)27-3)14-24-8-6-16(7-9-24)23-21(29)22-13-17-5-4-10-28-17/h11-12,16-17H,4-10,13-14H2,1-3H3,(H2,22,23,29)/t17-/m0/s1. The van der Waals surface area contributed by atoms with Crippen LogP contribution in [0.3, 0.4) is 0 Å². The van der Waals surface area contributed by atoms with Crippen LogP contribution in [0.5, 0.6) is 17.2 Å². The normalized spacial score (nSPS) is 20.3. The highest BCUT2D eigenvalue weighted by atomic mass is 32.1. The molecule has 0 aliphatic carbocycles. The molecule has 0 radical (unpaired) electrons. The summed E-state index contributed by atoms with van der Waals surface area (Å²) in [5.74, 6) is 2.02. The first kappa shape index (κ1) is 21.9. The van der Waals surface area contributed by atoms with Gasteiger partial charge in [0.1, 0.15) is 0 Å². The van der Waals surface area contributed by atoms with Crippen LogP contribution in [0.2, 0.25) is 0 Å². The SMILES string of the molecule is COc1cc(CN2CCC(NC(=S)NC[C@@H]3CCCO3)CC2)cc(OC)c1OC. The van der Waals surface area contributed by atoms with Gasteiger partial charge in [0.2, 0.25) is 5.75 Å². The average Bonchev–Trinajstić information content (AvgIpc) is 3.26. The van der Waals surface area contributed by atoms with Crippen molar-refractivity contribution in [2.45, 2.75) is 44.4 Å². The number of nitrogens with one attached hydrogen (secondary N) is 2. The highest BCUT2D eigenvalue weighted by Gasteiger charge is 2.22. The van der Waals surface area contributed by atoms with E-state index in [-0.39, 0.29) is 0 Å². The van der Waals surface area contributed by atoms with Crippen LogP contribution in [-0.2, 0) is 11.3 Å². The summed E-state index contributed by atoms with van der Waals surface area (Å²) in [6.45, 7) is 4.55. The van der Waals surface area contributed by atoms with Crippen molar-refractivity contribution in [1.82, 2.24) is 15.5 Å². The monoisotopic (exact) mass is 423 g/mol. The fourth-order valence-corrected chi connectivity index (χ4v) is 4.22. The van der Waals surface area contributed by atoms with Crippen molar-refractivity contribution in [3.8, 4) is 17.2 Å². The van der Waals surface area contributed by atoms with E-state index in [0.29, 0.717) is 29.4 Å². The Morgan fingerprint density at radius 3 is 2.34 bits per heavy atom. The van der Waals surface area contributed by atoms with Gasteiger partial charge in [0.15, 0.2) is 16.6 Å². The molecule has 2 aliphatic heterocycles. The molecule has 162 valence electrons. The first-order valence-electron chi connectivity index (χ1n) is 10.3. The number of rotatable bonds is 8. The van der Waals surface area contributed by atoms with Crippen molar-refractivity contribution in [3.05, 3.63) is 17.7 Å². The van der Waals surface area contributed by atoms with Crippen molar-refractivity contribution in [2.24, 2.45) is 0 Å². The molecule has 0 aromatic heterocycles. The third-order valence-electron chi connectivity index (χ3n) is 5.57. The number of benzene rings is 1. The molecule has 0 saturated carbocycles. The fraction of sp³-hybridized carbons (Fsp3) is 0.667. The van der Waals surface area contributed by atoms with E-state index >= 15 is 0 Å². The topological polar surface area (TPSA) is 64.2 Å². The van der Waals surface area contributed by atoms with E-state index < -0.39 is 0 Å². The molecule has 2 N–H and O–H groups in total. The molecule has 8 heteroatoms. The molecule has 0 spiro atoms. The number of ether oxygens (including phenoxy) is 4. The summed E-state index contributed by atoms with van der Waals surface area (Å²) in [7, 11) is 4.92. The van der Waals surface area contributed by atoms with E-state index in [9.17, 15) is 0 Å². The smallest absolute Gasteiger partial charge is 0.203 e. The van der Waals surface area contributed by atoms with E-state index in [1.165, 1.54) is 0 Å². The number of hydrogen-bond acceptors (Lipinski definition) is 6. The molecule has 2 saturated heterocycles. The maximum Gasteiger partial charge on any atom is 0.203 e. The molecular weight excluding hydrogens is 390 g/mol. The number of nitrogens with zero attached hydrogens (tertiary/aromatic N) is 1. The van der Waals surface area contributed by atoms with Gasteiger partial charge in [0.25, 0.3) is 0 Å². The quantitative estimate of drug-likeness (QED) is 0.618. The number of hydrogen-bond donors (Lipinski definition) is 2. The number of likely N-dealkylation sites (tertiary alicyclic amines) is 1. The zero-order valence-corrected chi connectivity index (χ0v) is 18.5. The summed E-state index contributed by atoms with van der Waals surface area (Å²) in [5, 5.41) is 7.50. The van der Waals surface area contributed by atoms with Gasteiger partial charge < -0.3 is 29.6 Å².